The van der Waals surface area contributed by atoms with Gasteiger partial charge in [-0.3, -0.25) is 0 Å². The highest BCUT2D eigenvalue weighted by Gasteiger charge is 2.16. The lowest BCUT2D eigenvalue weighted by Gasteiger charge is -1.80. The predicted molar refractivity (Wildman–Crippen MR) is 51.3 cm³/mol. The van der Waals surface area contributed by atoms with Crippen LogP contribution in [0.25, 0.3) is 0 Å². The van der Waals surface area contributed by atoms with E-state index in [9.17, 15) is 0 Å². The Kier molecular flexibility index (Phi) is 1.79. The van der Waals surface area contributed by atoms with Gasteiger partial charge in [0.25, 0.3) is 0 Å². The van der Waals surface area contributed by atoms with Crippen molar-refractivity contribution in [3.63, 3.8) is 0 Å². The molecule has 0 atom stereocenters. The molecule has 1 aliphatic heterocycles. The smallest absolute Gasteiger partial charge is 0.131 e. The predicted octanol–water partition coefficient (Wildman–Crippen LogP) is 4.00. The van der Waals surface area contributed by atoms with Gasteiger partial charge in [-0.15, -0.1) is 11.3 Å². The molecule has 0 radical (unpaired) electrons. The van der Waals surface area contributed by atoms with Crippen LogP contribution in [0.1, 0.15) is 0 Å². The molecule has 2 rings (SSSR count). The van der Waals surface area contributed by atoms with Crippen LogP contribution < -0.4 is 0 Å². The third kappa shape index (κ3) is 0.939. The summed E-state index contributed by atoms with van der Waals surface area (Å²) < 4.78 is 10.3. The fourth-order valence-corrected chi connectivity index (χ4v) is 4.34. The lowest BCUT2D eigenvalue weighted by atomic mass is 10.5. The molecule has 52 valence electrons. The van der Waals surface area contributed by atoms with Gasteiger partial charge in [0.05, 0.1) is 11.4 Å². The third-order valence-electron chi connectivity index (χ3n) is 1.04. The van der Waals surface area contributed by atoms with Gasteiger partial charge in [-0.25, -0.2) is 0 Å². The zero-order chi connectivity index (χ0) is 7.14. The Labute approximate surface area is 81.8 Å². The average Bonchev–Trinajstić information content (AvgIpc) is 2.39. The van der Waals surface area contributed by atoms with Crippen molar-refractivity contribution in [2.24, 2.45) is 8.73 Å². The minimum atomic E-state index is 0.960. The van der Waals surface area contributed by atoms with Crippen LogP contribution in [0.15, 0.2) is 16.3 Å². The van der Waals surface area contributed by atoms with Gasteiger partial charge in [0, 0.05) is 0 Å². The van der Waals surface area contributed by atoms with E-state index < -0.39 is 0 Å². The number of hydrogen-bond donors (Lipinski definition) is 0. The van der Waals surface area contributed by atoms with Crippen molar-refractivity contribution in [3.05, 3.63) is 7.57 Å². The van der Waals surface area contributed by atoms with E-state index in [1.165, 1.54) is 11.4 Å². The Morgan fingerprint density at radius 3 is 2.00 bits per heavy atom. The van der Waals surface area contributed by atoms with Gasteiger partial charge in [-0.05, 0) is 31.9 Å². The zero-order valence-corrected chi connectivity index (χ0v) is 9.27. The lowest BCUT2D eigenvalue weighted by molar-refractivity contribution is 1.59. The average molecular weight is 300 g/mol. The van der Waals surface area contributed by atoms with Gasteiger partial charge >= 0.3 is 0 Å². The Morgan fingerprint density at radius 1 is 1.00 bits per heavy atom. The molecule has 0 saturated carbocycles. The number of fused-ring (bicyclic) bond motifs is 1. The number of hydrogen-bond acceptors (Lipinski definition) is 3. The summed E-state index contributed by atoms with van der Waals surface area (Å²) in [4.78, 5) is 0. The fourth-order valence-electron chi connectivity index (χ4n) is 0.622. The Morgan fingerprint density at radius 2 is 1.50 bits per heavy atom. The van der Waals surface area contributed by atoms with E-state index in [4.69, 9.17) is 0 Å². The number of nitrogens with zero attached hydrogens (tertiary/aromatic N) is 2. The molecule has 2 heterocycles. The molecule has 0 spiro atoms. The molecule has 1 aromatic rings. The van der Waals surface area contributed by atoms with Crippen LogP contribution in [0.2, 0.25) is 0 Å². The molecule has 0 unspecified atom stereocenters. The second kappa shape index (κ2) is 2.51. The number of thiophene rings is 1. The second-order valence-electron chi connectivity index (χ2n) is 1.61. The van der Waals surface area contributed by atoms with Crippen LogP contribution in [-0.4, -0.2) is 0 Å². The number of halogens is 2. The highest BCUT2D eigenvalue weighted by molar-refractivity contribution is 9.12. The molecule has 0 amide bonds. The largest absolute Gasteiger partial charge is 0.171 e. The first-order valence-corrected chi connectivity index (χ1v) is 5.48. The van der Waals surface area contributed by atoms with E-state index in [2.05, 4.69) is 40.6 Å². The van der Waals surface area contributed by atoms with E-state index >= 15 is 0 Å². The summed E-state index contributed by atoms with van der Waals surface area (Å²) in [6, 6.07) is 0. The molecule has 6 heteroatoms. The standard InChI is InChI=1S/C4Br2N2S2/c5-3-1-2(4(6)9-3)8-10-7-1. The van der Waals surface area contributed by atoms with Gasteiger partial charge < -0.3 is 0 Å². The maximum atomic E-state index is 4.10. The zero-order valence-electron chi connectivity index (χ0n) is 4.47. The minimum absolute atomic E-state index is 0.960. The first-order valence-electron chi connectivity index (χ1n) is 2.35. The third-order valence-corrected chi connectivity index (χ3v) is 4.04. The molecular weight excluding hydrogens is 300 g/mol. The molecule has 2 nitrogen and oxygen atoms in total. The van der Waals surface area contributed by atoms with Crippen molar-refractivity contribution in [3.8, 4) is 0 Å². The Balaban J connectivity index is 2.77. The van der Waals surface area contributed by atoms with Crippen molar-refractivity contribution in [1.82, 2.24) is 0 Å². The van der Waals surface area contributed by atoms with Gasteiger partial charge in [0.1, 0.15) is 18.9 Å². The summed E-state index contributed by atoms with van der Waals surface area (Å²) in [6.45, 7) is 0. The minimum Gasteiger partial charge on any atom is -0.171 e. The lowest BCUT2D eigenvalue weighted by Crippen LogP contribution is -1.48. The van der Waals surface area contributed by atoms with Crippen LogP contribution in [0.4, 0.5) is 11.4 Å². The van der Waals surface area contributed by atoms with Crippen molar-refractivity contribution in [2.75, 3.05) is 0 Å². The first-order chi connectivity index (χ1) is 4.79. The maximum Gasteiger partial charge on any atom is 0.131 e. The van der Waals surface area contributed by atoms with Gasteiger partial charge in [0.15, 0.2) is 0 Å². The summed E-state index contributed by atoms with van der Waals surface area (Å²) >= 11 is 9.62. The molecule has 0 aromatic carbocycles. The topological polar surface area (TPSA) is 24.7 Å². The van der Waals surface area contributed by atoms with Crippen LogP contribution in [0, 0.1) is 0 Å². The summed E-state index contributed by atoms with van der Waals surface area (Å²) in [5, 5.41) is 0. The van der Waals surface area contributed by atoms with E-state index in [-0.39, 0.29) is 0 Å². The quantitative estimate of drug-likeness (QED) is 0.702. The molecule has 10 heavy (non-hydrogen) atoms. The highest BCUT2D eigenvalue weighted by atomic mass is 79.9. The highest BCUT2D eigenvalue weighted by Crippen LogP contribution is 2.50. The van der Waals surface area contributed by atoms with Crippen LogP contribution in [0.5, 0.6) is 0 Å². The van der Waals surface area contributed by atoms with E-state index in [1.807, 2.05) is 0 Å². The van der Waals surface area contributed by atoms with Gasteiger partial charge in [-0.2, -0.15) is 8.73 Å². The molecule has 0 aliphatic carbocycles. The summed E-state index contributed by atoms with van der Waals surface area (Å²) in [6.07, 6.45) is 0. The maximum absolute atomic E-state index is 4.10. The SMILES string of the molecule is Brc1sc(Br)c2c1N=S=N2. The van der Waals surface area contributed by atoms with Crippen molar-refractivity contribution >= 4 is 65.9 Å². The van der Waals surface area contributed by atoms with Crippen LogP contribution >= 0.6 is 43.2 Å². The van der Waals surface area contributed by atoms with Gasteiger partial charge in [0.2, 0.25) is 0 Å². The Hall–Kier alpha value is 0.480. The molecule has 0 fully saturated rings. The monoisotopic (exact) mass is 298 g/mol. The van der Waals surface area contributed by atoms with Crippen molar-refractivity contribution in [1.29, 1.82) is 0 Å². The van der Waals surface area contributed by atoms with Crippen LogP contribution in [-0.2, 0) is 11.4 Å². The summed E-state index contributed by atoms with van der Waals surface area (Å²) in [7, 11) is 0. The first kappa shape index (κ1) is 7.15. The van der Waals surface area contributed by atoms with E-state index in [0.29, 0.717) is 0 Å². The van der Waals surface area contributed by atoms with Crippen LogP contribution in [0.3, 0.4) is 0 Å². The molecule has 0 saturated heterocycles. The molecule has 1 aliphatic rings. The van der Waals surface area contributed by atoms with E-state index in [1.54, 1.807) is 11.3 Å². The van der Waals surface area contributed by atoms with E-state index in [0.717, 1.165) is 18.9 Å². The van der Waals surface area contributed by atoms with Gasteiger partial charge in [-0.1, -0.05) is 0 Å². The van der Waals surface area contributed by atoms with Crippen molar-refractivity contribution in [2.45, 2.75) is 0 Å². The second-order valence-corrected chi connectivity index (χ2v) is 5.80. The molecule has 0 N–H and O–H groups in total. The molecule has 0 bridgehead atoms. The number of rotatable bonds is 0. The molecular formula is C4Br2N2S2. The Bertz CT molecular complexity index is 322. The molecule has 1 aromatic heterocycles. The summed E-state index contributed by atoms with van der Waals surface area (Å²) in [5.41, 5.74) is 1.92. The fraction of sp³-hybridized carbons (Fsp3) is 0. The van der Waals surface area contributed by atoms with Crippen molar-refractivity contribution < 1.29 is 0 Å². The normalized spacial score (nSPS) is 13.4. The summed E-state index contributed by atoms with van der Waals surface area (Å²) in [5.74, 6) is 0.